The van der Waals surface area contributed by atoms with Crippen molar-refractivity contribution in [2.24, 2.45) is 0 Å². The van der Waals surface area contributed by atoms with Gasteiger partial charge in [-0.1, -0.05) is 13.0 Å². The van der Waals surface area contributed by atoms with Crippen LogP contribution < -0.4 is 14.8 Å². The van der Waals surface area contributed by atoms with Crippen molar-refractivity contribution in [3.63, 3.8) is 0 Å². The van der Waals surface area contributed by atoms with Crippen LogP contribution in [0.15, 0.2) is 51.8 Å². The molecule has 2 aromatic rings. The van der Waals surface area contributed by atoms with Crippen LogP contribution >= 0.6 is 27.7 Å². The number of methoxy groups -OCH3 is 1. The Bertz CT molecular complexity index is 1050. The van der Waals surface area contributed by atoms with Gasteiger partial charge >= 0.3 is 0 Å². The molecule has 0 unspecified atom stereocenters. The number of benzene rings is 2. The van der Waals surface area contributed by atoms with Crippen molar-refractivity contribution in [1.82, 2.24) is 4.90 Å². The second kappa shape index (κ2) is 10.7. The number of carbonyl (C=O) groups excluding carboxylic acids is 3. The van der Waals surface area contributed by atoms with E-state index >= 15 is 0 Å². The Morgan fingerprint density at radius 2 is 1.94 bits per heavy atom. The number of carbonyl (C=O) groups is 3. The Labute approximate surface area is 199 Å². The van der Waals surface area contributed by atoms with E-state index in [2.05, 4.69) is 21.2 Å². The Kier molecular flexibility index (Phi) is 7.98. The fourth-order valence-corrected chi connectivity index (χ4v) is 4.14. The van der Waals surface area contributed by atoms with Crippen molar-refractivity contribution in [2.45, 2.75) is 26.4 Å². The predicted octanol–water partition coefficient (Wildman–Crippen LogP) is 5.31. The number of nitrogens with zero attached hydrogens (tertiary/aromatic N) is 1. The fourth-order valence-electron chi connectivity index (χ4n) is 2.81. The van der Waals surface area contributed by atoms with Crippen molar-refractivity contribution < 1.29 is 23.9 Å². The molecule has 3 amide bonds. The van der Waals surface area contributed by atoms with Gasteiger partial charge in [0.1, 0.15) is 18.0 Å². The van der Waals surface area contributed by atoms with Crippen LogP contribution in [0.1, 0.15) is 25.8 Å². The van der Waals surface area contributed by atoms with Gasteiger partial charge in [0.2, 0.25) is 5.91 Å². The van der Waals surface area contributed by atoms with Gasteiger partial charge in [0.25, 0.3) is 11.1 Å². The summed E-state index contributed by atoms with van der Waals surface area (Å²) in [5.41, 5.74) is 1.28. The van der Waals surface area contributed by atoms with Crippen molar-refractivity contribution in [2.75, 3.05) is 19.0 Å². The molecular formula is C23H23BrN2O5S. The topological polar surface area (TPSA) is 84.9 Å². The second-order valence-corrected chi connectivity index (χ2v) is 8.92. The molecule has 1 aliphatic heterocycles. The molecule has 1 saturated heterocycles. The summed E-state index contributed by atoms with van der Waals surface area (Å²) in [5.74, 6) is 0.402. The minimum Gasteiger partial charge on any atom is -0.497 e. The molecule has 0 bridgehead atoms. The number of halogens is 1. The van der Waals surface area contributed by atoms with Gasteiger partial charge in [0.05, 0.1) is 22.6 Å². The lowest BCUT2D eigenvalue weighted by molar-refractivity contribution is -0.127. The Hall–Kier alpha value is -2.78. The first-order valence-electron chi connectivity index (χ1n) is 9.96. The van der Waals surface area contributed by atoms with E-state index in [0.29, 0.717) is 17.2 Å². The Morgan fingerprint density at radius 3 is 2.56 bits per heavy atom. The molecule has 3 rings (SSSR count). The zero-order valence-corrected chi connectivity index (χ0v) is 20.3. The molecule has 1 aliphatic rings. The second-order valence-electron chi connectivity index (χ2n) is 7.07. The Morgan fingerprint density at radius 1 is 1.22 bits per heavy atom. The molecule has 168 valence electrons. The van der Waals surface area contributed by atoms with Gasteiger partial charge in [-0.25, -0.2) is 0 Å². The molecule has 2 aromatic carbocycles. The highest BCUT2D eigenvalue weighted by Gasteiger charge is 2.36. The maximum Gasteiger partial charge on any atom is 0.294 e. The summed E-state index contributed by atoms with van der Waals surface area (Å²) in [6.45, 7) is 3.67. The van der Waals surface area contributed by atoms with Crippen LogP contribution in [0.4, 0.5) is 10.5 Å². The highest BCUT2D eigenvalue weighted by Crippen LogP contribution is 2.34. The van der Waals surface area contributed by atoms with Crippen molar-refractivity contribution in [1.29, 1.82) is 0 Å². The summed E-state index contributed by atoms with van der Waals surface area (Å²) in [6.07, 6.45) is 2.59. The molecule has 1 fully saturated rings. The van der Waals surface area contributed by atoms with Gasteiger partial charge in [-0.15, -0.1) is 0 Å². The first-order valence-corrected chi connectivity index (χ1v) is 11.6. The lowest BCUT2D eigenvalue weighted by Gasteiger charge is -2.14. The number of imide groups is 1. The number of hydrogen-bond acceptors (Lipinski definition) is 6. The molecule has 0 aromatic heterocycles. The third kappa shape index (κ3) is 5.92. The molecular weight excluding hydrogens is 496 g/mol. The summed E-state index contributed by atoms with van der Waals surface area (Å²) in [7, 11) is 1.55. The van der Waals surface area contributed by atoms with Gasteiger partial charge in [-0.05, 0) is 89.1 Å². The number of amides is 3. The standard InChI is InChI=1S/C23H23BrN2O5S/c1-4-14(2)31-19-10-5-15(11-18(19)24)12-20-22(28)26(23(29)32-20)13-21(27)25-16-6-8-17(30-3)9-7-16/h5-12,14H,4,13H2,1-3H3,(H,25,27)/b20-12+/t14-/m1/s1. The van der Waals surface area contributed by atoms with Crippen LogP contribution in [0.5, 0.6) is 11.5 Å². The van der Waals surface area contributed by atoms with Gasteiger partial charge < -0.3 is 14.8 Å². The number of rotatable bonds is 8. The van der Waals surface area contributed by atoms with E-state index in [1.165, 1.54) is 0 Å². The molecule has 1 heterocycles. The minimum atomic E-state index is -0.499. The lowest BCUT2D eigenvalue weighted by atomic mass is 10.2. The third-order valence-corrected chi connectivity index (χ3v) is 6.23. The van der Waals surface area contributed by atoms with Crippen molar-refractivity contribution >= 4 is 56.5 Å². The van der Waals surface area contributed by atoms with Crippen molar-refractivity contribution in [3.8, 4) is 11.5 Å². The van der Waals surface area contributed by atoms with E-state index < -0.39 is 17.1 Å². The van der Waals surface area contributed by atoms with Gasteiger partial charge in [-0.3, -0.25) is 19.3 Å². The number of hydrogen-bond donors (Lipinski definition) is 1. The average Bonchev–Trinajstić information content (AvgIpc) is 3.03. The molecule has 0 radical (unpaired) electrons. The number of anilines is 1. The van der Waals surface area contributed by atoms with Crippen molar-refractivity contribution in [3.05, 3.63) is 57.4 Å². The zero-order valence-electron chi connectivity index (χ0n) is 17.9. The molecule has 0 saturated carbocycles. The fraction of sp³-hybridized carbons (Fsp3) is 0.261. The quantitative estimate of drug-likeness (QED) is 0.476. The predicted molar refractivity (Wildman–Crippen MR) is 129 cm³/mol. The monoisotopic (exact) mass is 518 g/mol. The maximum absolute atomic E-state index is 12.7. The maximum atomic E-state index is 12.7. The zero-order chi connectivity index (χ0) is 23.3. The van der Waals surface area contributed by atoms with Crippen LogP contribution in [0.25, 0.3) is 6.08 Å². The largest absolute Gasteiger partial charge is 0.497 e. The highest BCUT2D eigenvalue weighted by molar-refractivity contribution is 9.10. The summed E-state index contributed by atoms with van der Waals surface area (Å²) in [6, 6.07) is 12.2. The summed E-state index contributed by atoms with van der Waals surface area (Å²) in [5, 5.41) is 2.19. The van der Waals surface area contributed by atoms with E-state index in [1.807, 2.05) is 32.0 Å². The molecule has 0 aliphatic carbocycles. The van der Waals surface area contributed by atoms with Gasteiger partial charge in [0, 0.05) is 5.69 Å². The van der Waals surface area contributed by atoms with Gasteiger partial charge in [-0.2, -0.15) is 0 Å². The highest BCUT2D eigenvalue weighted by atomic mass is 79.9. The smallest absolute Gasteiger partial charge is 0.294 e. The molecule has 7 nitrogen and oxygen atoms in total. The van der Waals surface area contributed by atoms with Crippen LogP contribution in [0.3, 0.4) is 0 Å². The van der Waals surface area contributed by atoms with E-state index in [4.69, 9.17) is 9.47 Å². The van der Waals surface area contributed by atoms with E-state index in [9.17, 15) is 14.4 Å². The normalized spacial score (nSPS) is 15.8. The van der Waals surface area contributed by atoms with E-state index in [1.54, 1.807) is 37.5 Å². The number of ether oxygens (including phenoxy) is 2. The first-order chi connectivity index (χ1) is 15.3. The van der Waals surface area contributed by atoms with Crippen LogP contribution in [0, 0.1) is 0 Å². The first kappa shape index (κ1) is 23.9. The third-order valence-electron chi connectivity index (χ3n) is 4.71. The van der Waals surface area contributed by atoms with Crippen LogP contribution in [-0.4, -0.2) is 41.7 Å². The Balaban J connectivity index is 1.66. The summed E-state index contributed by atoms with van der Waals surface area (Å²) >= 11 is 4.29. The number of nitrogens with one attached hydrogen (secondary N) is 1. The molecule has 1 N–H and O–H groups in total. The van der Waals surface area contributed by atoms with Crippen LogP contribution in [-0.2, 0) is 9.59 Å². The minimum absolute atomic E-state index is 0.0812. The van der Waals surface area contributed by atoms with E-state index in [0.717, 1.165) is 33.1 Å². The SMILES string of the molecule is CC[C@@H](C)Oc1ccc(/C=C2/SC(=O)N(CC(=O)Nc3ccc(OC)cc3)C2=O)cc1Br. The van der Waals surface area contributed by atoms with Gasteiger partial charge in [0.15, 0.2) is 0 Å². The summed E-state index contributed by atoms with van der Waals surface area (Å²) in [4.78, 5) is 38.6. The number of thioether (sulfide) groups is 1. The average molecular weight is 519 g/mol. The molecule has 0 spiro atoms. The van der Waals surface area contributed by atoms with E-state index in [-0.39, 0.29) is 17.6 Å². The summed E-state index contributed by atoms with van der Waals surface area (Å²) < 4.78 is 11.7. The van der Waals surface area contributed by atoms with Crippen LogP contribution in [0.2, 0.25) is 0 Å². The molecule has 9 heteroatoms. The lowest BCUT2D eigenvalue weighted by Crippen LogP contribution is -2.36. The molecule has 1 atom stereocenters. The molecule has 32 heavy (non-hydrogen) atoms.